The van der Waals surface area contributed by atoms with E-state index in [1.807, 2.05) is 12.1 Å². The predicted octanol–water partition coefficient (Wildman–Crippen LogP) is 5.71. The molecular formula is C25H21N3O. The van der Waals surface area contributed by atoms with Crippen molar-refractivity contribution >= 4 is 49.5 Å². The molecule has 4 nitrogen and oxygen atoms in total. The van der Waals surface area contributed by atoms with Crippen molar-refractivity contribution in [3.05, 3.63) is 70.8 Å². The van der Waals surface area contributed by atoms with Crippen molar-refractivity contribution in [2.24, 2.45) is 0 Å². The number of benzene rings is 3. The lowest BCUT2D eigenvalue weighted by atomic mass is 9.96. The van der Waals surface area contributed by atoms with Crippen molar-refractivity contribution < 1.29 is 4.79 Å². The Morgan fingerprint density at radius 1 is 0.966 bits per heavy atom. The molecule has 29 heavy (non-hydrogen) atoms. The van der Waals surface area contributed by atoms with Crippen LogP contribution in [0.15, 0.2) is 54.1 Å². The summed E-state index contributed by atoms with van der Waals surface area (Å²) in [6.07, 6.45) is 3.17. The average Bonchev–Trinajstić information content (AvgIpc) is 3.38. The van der Waals surface area contributed by atoms with Crippen LogP contribution in [-0.4, -0.2) is 15.9 Å². The lowest BCUT2D eigenvalue weighted by Crippen LogP contribution is -2.12. The third-order valence-electron chi connectivity index (χ3n) is 6.07. The first-order chi connectivity index (χ1) is 14.1. The standard InChI is InChI=1S/C25H21N3O/c1-13(2)7-8-14-9-10-19-16(11-14)20-17-12-26-25(29)22(17)21-15-5-3-4-6-18(15)27-24(21)23(20)28-19/h3-7,9-11,27-28H,8,12H2,1-2H3,(H,26,29). The van der Waals surface area contributed by atoms with Gasteiger partial charge in [0, 0.05) is 39.1 Å². The summed E-state index contributed by atoms with van der Waals surface area (Å²) in [4.78, 5) is 20.0. The first-order valence-electron chi connectivity index (χ1n) is 10.0. The van der Waals surface area contributed by atoms with E-state index in [1.165, 1.54) is 16.5 Å². The highest BCUT2D eigenvalue weighted by Gasteiger charge is 2.29. The van der Waals surface area contributed by atoms with E-state index in [0.29, 0.717) is 6.54 Å². The number of amides is 1. The number of aromatic amines is 2. The van der Waals surface area contributed by atoms with Gasteiger partial charge in [-0.1, -0.05) is 35.9 Å². The second-order valence-electron chi connectivity index (χ2n) is 8.20. The number of carbonyl (C=O) groups is 1. The SMILES string of the molecule is CC(C)=CCc1ccc2[nH]c3c4[nH]c5ccccc5c4c4c(c3c2c1)CNC4=O. The maximum Gasteiger partial charge on any atom is 0.252 e. The topological polar surface area (TPSA) is 60.7 Å². The molecule has 2 aromatic heterocycles. The Kier molecular flexibility index (Phi) is 3.25. The summed E-state index contributed by atoms with van der Waals surface area (Å²) >= 11 is 0. The van der Waals surface area contributed by atoms with Gasteiger partial charge in [0.25, 0.3) is 5.91 Å². The molecule has 142 valence electrons. The van der Waals surface area contributed by atoms with Crippen molar-refractivity contribution in [3.63, 3.8) is 0 Å². The van der Waals surface area contributed by atoms with Crippen LogP contribution in [0.25, 0.3) is 43.6 Å². The van der Waals surface area contributed by atoms with E-state index in [0.717, 1.165) is 55.8 Å². The van der Waals surface area contributed by atoms with Gasteiger partial charge < -0.3 is 15.3 Å². The minimum Gasteiger partial charge on any atom is -0.353 e. The fourth-order valence-electron chi connectivity index (χ4n) is 4.74. The molecule has 0 atom stereocenters. The van der Waals surface area contributed by atoms with E-state index in [-0.39, 0.29) is 5.91 Å². The van der Waals surface area contributed by atoms with Gasteiger partial charge in [0.1, 0.15) is 0 Å². The number of allylic oxidation sites excluding steroid dienone is 2. The first kappa shape index (κ1) is 16.4. The van der Waals surface area contributed by atoms with Crippen molar-refractivity contribution in [1.29, 1.82) is 0 Å². The molecule has 5 aromatic rings. The number of fused-ring (bicyclic) bond motifs is 10. The summed E-state index contributed by atoms with van der Waals surface area (Å²) in [6.45, 7) is 4.83. The molecule has 0 bridgehead atoms. The lowest BCUT2D eigenvalue weighted by molar-refractivity contribution is 0.0967. The summed E-state index contributed by atoms with van der Waals surface area (Å²) < 4.78 is 0. The third kappa shape index (κ3) is 2.23. The Morgan fingerprint density at radius 2 is 1.72 bits per heavy atom. The minimum absolute atomic E-state index is 0.0201. The highest BCUT2D eigenvalue weighted by molar-refractivity contribution is 6.30. The van der Waals surface area contributed by atoms with Gasteiger partial charge in [-0.15, -0.1) is 0 Å². The van der Waals surface area contributed by atoms with Crippen LogP contribution >= 0.6 is 0 Å². The van der Waals surface area contributed by atoms with Crippen molar-refractivity contribution in [2.75, 3.05) is 0 Å². The number of H-pyrrole nitrogens is 2. The Morgan fingerprint density at radius 3 is 2.55 bits per heavy atom. The zero-order valence-corrected chi connectivity index (χ0v) is 16.4. The summed E-state index contributed by atoms with van der Waals surface area (Å²) in [7, 11) is 0. The normalized spacial score (nSPS) is 13.5. The van der Waals surface area contributed by atoms with Crippen LogP contribution in [-0.2, 0) is 13.0 Å². The quantitative estimate of drug-likeness (QED) is 0.338. The molecule has 1 amide bonds. The number of rotatable bonds is 2. The second-order valence-corrected chi connectivity index (χ2v) is 8.20. The molecule has 3 N–H and O–H groups in total. The van der Waals surface area contributed by atoms with E-state index in [2.05, 4.69) is 65.5 Å². The molecular weight excluding hydrogens is 358 g/mol. The number of carbonyl (C=O) groups excluding carboxylic acids is 1. The monoisotopic (exact) mass is 379 g/mol. The molecule has 0 saturated heterocycles. The van der Waals surface area contributed by atoms with Crippen molar-refractivity contribution in [3.8, 4) is 0 Å². The summed E-state index contributed by atoms with van der Waals surface area (Å²) in [6, 6.07) is 14.8. The van der Waals surface area contributed by atoms with E-state index in [9.17, 15) is 4.79 Å². The van der Waals surface area contributed by atoms with Crippen LogP contribution in [0.5, 0.6) is 0 Å². The fraction of sp³-hybridized carbons (Fsp3) is 0.160. The molecule has 0 aliphatic carbocycles. The molecule has 0 spiro atoms. The van der Waals surface area contributed by atoms with E-state index in [4.69, 9.17) is 0 Å². The van der Waals surface area contributed by atoms with Gasteiger partial charge in [-0.05, 0) is 49.6 Å². The minimum atomic E-state index is 0.0201. The van der Waals surface area contributed by atoms with Crippen LogP contribution in [0.4, 0.5) is 0 Å². The van der Waals surface area contributed by atoms with Gasteiger partial charge in [-0.3, -0.25) is 4.79 Å². The molecule has 0 fully saturated rings. The highest BCUT2D eigenvalue weighted by atomic mass is 16.1. The first-order valence-corrected chi connectivity index (χ1v) is 10.0. The largest absolute Gasteiger partial charge is 0.353 e. The van der Waals surface area contributed by atoms with Gasteiger partial charge >= 0.3 is 0 Å². The lowest BCUT2D eigenvalue weighted by Gasteiger charge is -2.04. The molecule has 6 rings (SSSR count). The number of aromatic nitrogens is 2. The van der Waals surface area contributed by atoms with E-state index < -0.39 is 0 Å². The summed E-state index contributed by atoms with van der Waals surface area (Å²) in [5, 5.41) is 7.52. The summed E-state index contributed by atoms with van der Waals surface area (Å²) in [5.41, 5.74) is 8.78. The maximum atomic E-state index is 12.8. The van der Waals surface area contributed by atoms with Crippen LogP contribution in [0.2, 0.25) is 0 Å². The molecule has 1 aliphatic heterocycles. The molecule has 0 unspecified atom stereocenters. The molecule has 4 heteroatoms. The summed E-state index contributed by atoms with van der Waals surface area (Å²) in [5.74, 6) is 0.0201. The number of nitrogens with one attached hydrogen (secondary N) is 3. The Labute approximate surface area is 167 Å². The molecule has 3 aromatic carbocycles. The molecule has 1 aliphatic rings. The van der Waals surface area contributed by atoms with Gasteiger partial charge in [-0.25, -0.2) is 0 Å². The van der Waals surface area contributed by atoms with Crippen molar-refractivity contribution in [2.45, 2.75) is 26.8 Å². The Balaban J connectivity index is 1.78. The van der Waals surface area contributed by atoms with Gasteiger partial charge in [-0.2, -0.15) is 0 Å². The zero-order valence-electron chi connectivity index (χ0n) is 16.4. The number of hydrogen-bond acceptors (Lipinski definition) is 1. The Bertz CT molecular complexity index is 1510. The smallest absolute Gasteiger partial charge is 0.252 e. The molecule has 0 radical (unpaired) electrons. The zero-order chi connectivity index (χ0) is 19.7. The van der Waals surface area contributed by atoms with Gasteiger partial charge in [0.15, 0.2) is 0 Å². The van der Waals surface area contributed by atoms with Crippen molar-refractivity contribution in [1.82, 2.24) is 15.3 Å². The van der Waals surface area contributed by atoms with Crippen LogP contribution in [0, 0.1) is 0 Å². The van der Waals surface area contributed by atoms with Gasteiger partial charge in [0.2, 0.25) is 0 Å². The van der Waals surface area contributed by atoms with Gasteiger partial charge in [0.05, 0.1) is 16.6 Å². The average molecular weight is 379 g/mol. The highest BCUT2D eigenvalue weighted by Crippen LogP contribution is 2.42. The fourth-order valence-corrected chi connectivity index (χ4v) is 4.74. The number of hydrogen-bond donors (Lipinski definition) is 3. The van der Waals surface area contributed by atoms with Crippen LogP contribution < -0.4 is 5.32 Å². The molecule has 3 heterocycles. The Hall–Kier alpha value is -3.53. The van der Waals surface area contributed by atoms with E-state index in [1.54, 1.807) is 0 Å². The van der Waals surface area contributed by atoms with Crippen LogP contribution in [0.3, 0.4) is 0 Å². The second kappa shape index (κ2) is 5.74. The van der Waals surface area contributed by atoms with Crippen LogP contribution in [0.1, 0.15) is 35.3 Å². The predicted molar refractivity (Wildman–Crippen MR) is 119 cm³/mol. The third-order valence-corrected chi connectivity index (χ3v) is 6.07. The van der Waals surface area contributed by atoms with E-state index >= 15 is 0 Å². The number of para-hydroxylation sites is 1. The molecule has 0 saturated carbocycles. The maximum absolute atomic E-state index is 12.8.